The van der Waals surface area contributed by atoms with Crippen molar-refractivity contribution in [2.24, 2.45) is 0 Å². The summed E-state index contributed by atoms with van der Waals surface area (Å²) in [5.41, 5.74) is 0.326. The molecule has 0 bridgehead atoms. The molecule has 0 unspecified atom stereocenters. The van der Waals surface area contributed by atoms with Crippen molar-refractivity contribution in [2.45, 2.75) is 6.67 Å². The number of hydrogen-bond acceptors (Lipinski definition) is 3. The Bertz CT molecular complexity index is 492. The van der Waals surface area contributed by atoms with Crippen LogP contribution in [0.25, 0.3) is 11.0 Å². The maximum Gasteiger partial charge on any atom is 0.336 e. The molecule has 0 aliphatic rings. The molecular weight excluding hydrogens is 189 g/mol. The molecule has 1 aromatic carbocycles. The maximum absolute atomic E-state index is 12.4. The van der Waals surface area contributed by atoms with Crippen molar-refractivity contribution in [3.63, 3.8) is 0 Å². The van der Waals surface area contributed by atoms with Crippen molar-refractivity contribution in [1.82, 2.24) is 5.16 Å². The lowest BCUT2D eigenvalue weighted by Crippen LogP contribution is -1.97. The minimum Gasteiger partial charge on any atom is -0.478 e. The van der Waals surface area contributed by atoms with Gasteiger partial charge in [0.25, 0.3) is 0 Å². The zero-order valence-electron chi connectivity index (χ0n) is 7.03. The van der Waals surface area contributed by atoms with E-state index in [1.165, 1.54) is 12.1 Å². The van der Waals surface area contributed by atoms with E-state index < -0.39 is 12.6 Å². The van der Waals surface area contributed by atoms with Gasteiger partial charge in [0.1, 0.15) is 12.4 Å². The van der Waals surface area contributed by atoms with Gasteiger partial charge in [0, 0.05) is 0 Å². The Morgan fingerprint density at radius 3 is 3.00 bits per heavy atom. The predicted octanol–water partition coefficient (Wildman–Crippen LogP) is 2.00. The molecular formula is C9H6FNO3. The molecule has 0 fully saturated rings. The fourth-order valence-corrected chi connectivity index (χ4v) is 1.32. The van der Waals surface area contributed by atoms with Crippen LogP contribution in [0.1, 0.15) is 16.1 Å². The van der Waals surface area contributed by atoms with Crippen LogP contribution in [0.5, 0.6) is 0 Å². The van der Waals surface area contributed by atoms with E-state index in [0.717, 1.165) is 0 Å². The molecule has 0 saturated carbocycles. The first-order valence-corrected chi connectivity index (χ1v) is 3.90. The van der Waals surface area contributed by atoms with Gasteiger partial charge in [0.15, 0.2) is 5.58 Å². The number of aromatic nitrogens is 1. The highest BCUT2D eigenvalue weighted by Gasteiger charge is 2.15. The zero-order valence-corrected chi connectivity index (χ0v) is 7.03. The van der Waals surface area contributed by atoms with Crippen molar-refractivity contribution >= 4 is 16.9 Å². The molecule has 1 N–H and O–H groups in total. The summed E-state index contributed by atoms with van der Waals surface area (Å²) in [6, 6.07) is 4.47. The molecule has 0 amide bonds. The van der Waals surface area contributed by atoms with E-state index in [2.05, 4.69) is 5.16 Å². The van der Waals surface area contributed by atoms with Gasteiger partial charge in [-0.2, -0.15) is 0 Å². The third kappa shape index (κ3) is 1.14. The molecule has 0 spiro atoms. The molecule has 0 atom stereocenters. The third-order valence-corrected chi connectivity index (χ3v) is 1.93. The molecule has 1 heterocycles. The second-order valence-corrected chi connectivity index (χ2v) is 2.75. The molecule has 0 aliphatic heterocycles. The van der Waals surface area contributed by atoms with Gasteiger partial charge < -0.3 is 9.63 Å². The second-order valence-electron chi connectivity index (χ2n) is 2.75. The number of rotatable bonds is 2. The van der Waals surface area contributed by atoms with Crippen LogP contribution in [-0.2, 0) is 6.67 Å². The molecule has 1 aromatic heterocycles. The van der Waals surface area contributed by atoms with Crippen LogP contribution >= 0.6 is 0 Å². The lowest BCUT2D eigenvalue weighted by molar-refractivity contribution is 0.0699. The van der Waals surface area contributed by atoms with E-state index in [-0.39, 0.29) is 22.2 Å². The zero-order chi connectivity index (χ0) is 10.1. The summed E-state index contributed by atoms with van der Waals surface area (Å²) >= 11 is 0. The predicted molar refractivity (Wildman–Crippen MR) is 45.8 cm³/mol. The van der Waals surface area contributed by atoms with Gasteiger partial charge in [0.2, 0.25) is 0 Å². The Morgan fingerprint density at radius 1 is 1.57 bits per heavy atom. The number of nitrogens with zero attached hydrogens (tertiary/aromatic N) is 1. The molecule has 5 heteroatoms. The molecule has 72 valence electrons. The number of carbonyl (C=O) groups is 1. The van der Waals surface area contributed by atoms with Crippen molar-refractivity contribution in [3.8, 4) is 0 Å². The molecule has 0 radical (unpaired) electrons. The second kappa shape index (κ2) is 3.10. The van der Waals surface area contributed by atoms with E-state index in [1.807, 2.05) is 0 Å². The number of carboxylic acids is 1. The topological polar surface area (TPSA) is 63.3 Å². The first-order valence-electron chi connectivity index (χ1n) is 3.90. The quantitative estimate of drug-likeness (QED) is 0.795. The van der Waals surface area contributed by atoms with Gasteiger partial charge >= 0.3 is 5.97 Å². The molecule has 4 nitrogen and oxygen atoms in total. The van der Waals surface area contributed by atoms with Crippen molar-refractivity contribution in [2.75, 3.05) is 0 Å². The van der Waals surface area contributed by atoms with Crippen LogP contribution in [0.3, 0.4) is 0 Å². The van der Waals surface area contributed by atoms with Crippen LogP contribution < -0.4 is 0 Å². The highest BCUT2D eigenvalue weighted by molar-refractivity contribution is 6.03. The number of carboxylic acid groups (broad SMARTS) is 1. The number of halogens is 1. The number of benzene rings is 1. The molecule has 0 aliphatic carbocycles. The Hall–Kier alpha value is -1.91. The van der Waals surface area contributed by atoms with Gasteiger partial charge in [-0.05, 0) is 12.1 Å². The number of fused-ring (bicyclic) bond motifs is 1. The summed E-state index contributed by atoms with van der Waals surface area (Å²) in [5.74, 6) is -1.12. The van der Waals surface area contributed by atoms with E-state index in [9.17, 15) is 9.18 Å². The van der Waals surface area contributed by atoms with Gasteiger partial charge in [-0.15, -0.1) is 0 Å². The van der Waals surface area contributed by atoms with Crippen LogP contribution in [0.15, 0.2) is 22.7 Å². The maximum atomic E-state index is 12.4. The first kappa shape index (κ1) is 8.68. The number of aromatic carboxylic acids is 1. The standard InChI is InChI=1S/C9H6FNO3/c10-4-6-8-5(9(12)13)2-1-3-7(8)14-11-6/h1-3H,4H2,(H,12,13). The first-order chi connectivity index (χ1) is 6.74. The third-order valence-electron chi connectivity index (χ3n) is 1.93. The van der Waals surface area contributed by atoms with Gasteiger partial charge in [-0.3, -0.25) is 0 Å². The van der Waals surface area contributed by atoms with E-state index in [1.54, 1.807) is 6.07 Å². The Kier molecular flexibility index (Phi) is 1.92. The van der Waals surface area contributed by atoms with Crippen molar-refractivity contribution in [3.05, 3.63) is 29.5 Å². The minimum atomic E-state index is -1.12. The molecule has 0 saturated heterocycles. The van der Waals surface area contributed by atoms with Gasteiger partial charge in [-0.25, -0.2) is 9.18 Å². The number of alkyl halides is 1. The molecule has 2 rings (SSSR count). The Balaban J connectivity index is 2.81. The summed E-state index contributed by atoms with van der Waals surface area (Å²) in [7, 11) is 0. The van der Waals surface area contributed by atoms with Crippen molar-refractivity contribution in [1.29, 1.82) is 0 Å². The minimum absolute atomic E-state index is 0.0106. The summed E-state index contributed by atoms with van der Waals surface area (Å²) in [4.78, 5) is 10.8. The summed E-state index contributed by atoms with van der Waals surface area (Å²) in [5, 5.41) is 12.5. The summed E-state index contributed by atoms with van der Waals surface area (Å²) in [6.45, 7) is -0.836. The monoisotopic (exact) mass is 195 g/mol. The Morgan fingerprint density at radius 2 is 2.36 bits per heavy atom. The average molecular weight is 195 g/mol. The van der Waals surface area contributed by atoms with Crippen molar-refractivity contribution < 1.29 is 18.8 Å². The lowest BCUT2D eigenvalue weighted by Gasteiger charge is -1.95. The summed E-state index contributed by atoms with van der Waals surface area (Å²) < 4.78 is 17.2. The SMILES string of the molecule is O=C(O)c1cccc2onc(CF)c12. The van der Waals surface area contributed by atoms with Crippen LogP contribution in [0, 0.1) is 0 Å². The average Bonchev–Trinajstić information content (AvgIpc) is 2.59. The van der Waals surface area contributed by atoms with Gasteiger partial charge in [0.05, 0.1) is 10.9 Å². The lowest BCUT2D eigenvalue weighted by atomic mass is 10.1. The van der Waals surface area contributed by atoms with E-state index in [4.69, 9.17) is 9.63 Å². The Labute approximate surface area is 77.9 Å². The fourth-order valence-electron chi connectivity index (χ4n) is 1.32. The van der Waals surface area contributed by atoms with E-state index in [0.29, 0.717) is 0 Å². The van der Waals surface area contributed by atoms with Crippen LogP contribution in [-0.4, -0.2) is 16.2 Å². The van der Waals surface area contributed by atoms with Crippen LogP contribution in [0.4, 0.5) is 4.39 Å². The largest absolute Gasteiger partial charge is 0.478 e. The number of hydrogen-bond donors (Lipinski definition) is 1. The van der Waals surface area contributed by atoms with Crippen LogP contribution in [0.2, 0.25) is 0 Å². The summed E-state index contributed by atoms with van der Waals surface area (Å²) in [6.07, 6.45) is 0. The van der Waals surface area contributed by atoms with E-state index >= 15 is 0 Å². The molecule has 2 aromatic rings. The van der Waals surface area contributed by atoms with Gasteiger partial charge in [-0.1, -0.05) is 11.2 Å². The normalized spacial score (nSPS) is 10.6. The molecule has 14 heavy (non-hydrogen) atoms. The smallest absolute Gasteiger partial charge is 0.336 e. The highest BCUT2D eigenvalue weighted by Crippen LogP contribution is 2.23. The fraction of sp³-hybridized carbons (Fsp3) is 0.111. The highest BCUT2D eigenvalue weighted by atomic mass is 19.1.